The Labute approximate surface area is 97.3 Å². The zero-order valence-corrected chi connectivity index (χ0v) is 10.2. The van der Waals surface area contributed by atoms with Crippen molar-refractivity contribution >= 4 is 5.91 Å². The molecule has 0 aromatic carbocycles. The highest BCUT2D eigenvalue weighted by atomic mass is 16.5. The van der Waals surface area contributed by atoms with Gasteiger partial charge in [-0.15, -0.1) is 0 Å². The van der Waals surface area contributed by atoms with Crippen LogP contribution in [0.3, 0.4) is 0 Å². The van der Waals surface area contributed by atoms with Gasteiger partial charge in [0.1, 0.15) is 6.10 Å². The Morgan fingerprint density at radius 2 is 2.31 bits per heavy atom. The molecular formula is C11H23N3O2. The zero-order chi connectivity index (χ0) is 12.0. The summed E-state index contributed by atoms with van der Waals surface area (Å²) in [7, 11) is 2.09. The van der Waals surface area contributed by atoms with E-state index in [1.54, 1.807) is 0 Å². The van der Waals surface area contributed by atoms with E-state index in [-0.39, 0.29) is 18.1 Å². The van der Waals surface area contributed by atoms with Gasteiger partial charge in [0, 0.05) is 6.54 Å². The number of nitrogens with zero attached hydrogens (tertiary/aromatic N) is 1. The Morgan fingerprint density at radius 3 is 2.94 bits per heavy atom. The summed E-state index contributed by atoms with van der Waals surface area (Å²) in [5.41, 5.74) is 2.14. The smallest absolute Gasteiger partial charge is 0.263 e. The summed E-state index contributed by atoms with van der Waals surface area (Å²) in [4.78, 5) is 13.5. The summed E-state index contributed by atoms with van der Waals surface area (Å²) in [5, 5.41) is 0. The molecule has 1 amide bonds. The third-order valence-electron chi connectivity index (χ3n) is 2.95. The fourth-order valence-electron chi connectivity index (χ4n) is 1.99. The van der Waals surface area contributed by atoms with Gasteiger partial charge in [-0.2, -0.15) is 0 Å². The summed E-state index contributed by atoms with van der Waals surface area (Å²) in [5.74, 6) is 4.86. The minimum absolute atomic E-state index is 0.171. The predicted molar refractivity (Wildman–Crippen MR) is 62.6 cm³/mol. The quantitative estimate of drug-likeness (QED) is 0.389. The average Bonchev–Trinajstić information content (AvgIpc) is 2.73. The van der Waals surface area contributed by atoms with Gasteiger partial charge in [0.15, 0.2) is 0 Å². The van der Waals surface area contributed by atoms with E-state index in [0.29, 0.717) is 0 Å². The van der Waals surface area contributed by atoms with Crippen LogP contribution in [-0.4, -0.2) is 43.2 Å². The van der Waals surface area contributed by atoms with Crippen molar-refractivity contribution in [3.63, 3.8) is 0 Å². The summed E-state index contributed by atoms with van der Waals surface area (Å²) in [6, 6.07) is 0. The van der Waals surface area contributed by atoms with Gasteiger partial charge in [-0.3, -0.25) is 10.2 Å². The van der Waals surface area contributed by atoms with Crippen molar-refractivity contribution in [2.45, 2.75) is 44.8 Å². The highest BCUT2D eigenvalue weighted by Gasteiger charge is 2.30. The van der Waals surface area contributed by atoms with Gasteiger partial charge in [0.2, 0.25) is 0 Å². The maximum atomic E-state index is 11.2. The van der Waals surface area contributed by atoms with Gasteiger partial charge in [0.25, 0.3) is 5.91 Å². The lowest BCUT2D eigenvalue weighted by Crippen LogP contribution is -2.40. The number of likely N-dealkylation sites (N-methyl/N-ethyl adjacent to an activating group) is 1. The molecule has 1 heterocycles. The topological polar surface area (TPSA) is 67.6 Å². The molecule has 1 saturated heterocycles. The van der Waals surface area contributed by atoms with Crippen LogP contribution < -0.4 is 11.3 Å². The molecule has 0 radical (unpaired) electrons. The highest BCUT2D eigenvalue weighted by molar-refractivity contribution is 5.80. The number of unbranched alkanes of at least 4 members (excludes halogenated alkanes) is 1. The maximum absolute atomic E-state index is 11.2. The normalized spacial score (nSPS) is 25.0. The summed E-state index contributed by atoms with van der Waals surface area (Å²) in [6.07, 6.45) is 3.94. The van der Waals surface area contributed by atoms with Crippen molar-refractivity contribution in [3.8, 4) is 0 Å². The molecule has 94 valence electrons. The number of carbonyl (C=O) groups excluding carboxylic acids is 1. The van der Waals surface area contributed by atoms with Crippen LogP contribution in [0.4, 0.5) is 0 Å². The zero-order valence-electron chi connectivity index (χ0n) is 10.2. The van der Waals surface area contributed by atoms with Crippen LogP contribution in [0.15, 0.2) is 0 Å². The van der Waals surface area contributed by atoms with E-state index in [1.807, 2.05) is 0 Å². The van der Waals surface area contributed by atoms with Crippen molar-refractivity contribution in [3.05, 3.63) is 0 Å². The fourth-order valence-corrected chi connectivity index (χ4v) is 1.99. The summed E-state index contributed by atoms with van der Waals surface area (Å²) >= 11 is 0. The molecule has 1 aliphatic heterocycles. The minimum Gasteiger partial charge on any atom is -0.364 e. The Balaban J connectivity index is 2.23. The van der Waals surface area contributed by atoms with Crippen molar-refractivity contribution in [1.82, 2.24) is 10.3 Å². The number of amides is 1. The van der Waals surface area contributed by atoms with E-state index in [0.717, 1.165) is 25.9 Å². The van der Waals surface area contributed by atoms with Gasteiger partial charge < -0.3 is 9.64 Å². The lowest BCUT2D eigenvalue weighted by molar-refractivity contribution is -0.132. The van der Waals surface area contributed by atoms with Crippen LogP contribution in [0, 0.1) is 0 Å². The maximum Gasteiger partial charge on any atom is 0.263 e. The molecule has 0 bridgehead atoms. The first kappa shape index (κ1) is 13.4. The highest BCUT2D eigenvalue weighted by Crippen LogP contribution is 2.20. The van der Waals surface area contributed by atoms with Crippen molar-refractivity contribution < 1.29 is 9.53 Å². The Bertz CT molecular complexity index is 223. The molecule has 1 rings (SSSR count). The van der Waals surface area contributed by atoms with Crippen LogP contribution >= 0.6 is 0 Å². The van der Waals surface area contributed by atoms with Crippen LogP contribution in [-0.2, 0) is 9.53 Å². The number of nitrogens with two attached hydrogens (primary N) is 1. The first-order chi connectivity index (χ1) is 7.67. The van der Waals surface area contributed by atoms with Gasteiger partial charge in [-0.25, -0.2) is 5.84 Å². The number of hydrazine groups is 1. The molecular weight excluding hydrogens is 206 g/mol. The third-order valence-corrected chi connectivity index (χ3v) is 2.95. The summed E-state index contributed by atoms with van der Waals surface area (Å²) < 4.78 is 5.63. The second-order valence-electron chi connectivity index (χ2n) is 4.45. The second-order valence-corrected chi connectivity index (χ2v) is 4.45. The molecule has 1 aliphatic rings. The molecule has 5 heteroatoms. The lowest BCUT2D eigenvalue weighted by Gasteiger charge is -2.20. The summed E-state index contributed by atoms with van der Waals surface area (Å²) in [6.45, 7) is 4.17. The van der Waals surface area contributed by atoms with Gasteiger partial charge in [0.05, 0.1) is 6.10 Å². The Morgan fingerprint density at radius 1 is 1.56 bits per heavy atom. The number of carbonyl (C=O) groups is 1. The fraction of sp³-hybridized carbons (Fsp3) is 0.909. The van der Waals surface area contributed by atoms with E-state index < -0.39 is 0 Å². The van der Waals surface area contributed by atoms with Crippen LogP contribution in [0.25, 0.3) is 0 Å². The monoisotopic (exact) mass is 229 g/mol. The number of rotatable bonds is 6. The average molecular weight is 229 g/mol. The molecule has 0 aromatic heterocycles. The van der Waals surface area contributed by atoms with Crippen LogP contribution in [0.2, 0.25) is 0 Å². The molecule has 0 spiro atoms. The molecule has 2 atom stereocenters. The van der Waals surface area contributed by atoms with Crippen LogP contribution in [0.1, 0.15) is 32.6 Å². The molecule has 3 N–H and O–H groups in total. The molecule has 0 saturated carbocycles. The SMILES string of the molecule is CCCCN(C)CC1CCC(C(=O)NN)O1. The number of nitrogens with one attached hydrogen (secondary N) is 1. The standard InChI is InChI=1S/C11H23N3O2/c1-3-4-7-14(2)8-9-5-6-10(16-9)11(15)13-12/h9-10H,3-8,12H2,1-2H3,(H,13,15). The molecule has 5 nitrogen and oxygen atoms in total. The number of hydrogen-bond acceptors (Lipinski definition) is 4. The molecule has 2 unspecified atom stereocenters. The second kappa shape index (κ2) is 6.83. The van der Waals surface area contributed by atoms with E-state index in [9.17, 15) is 4.79 Å². The number of ether oxygens (including phenoxy) is 1. The largest absolute Gasteiger partial charge is 0.364 e. The van der Waals surface area contributed by atoms with Gasteiger partial charge in [-0.05, 0) is 32.9 Å². The van der Waals surface area contributed by atoms with Gasteiger partial charge in [-0.1, -0.05) is 13.3 Å². The van der Waals surface area contributed by atoms with E-state index in [2.05, 4.69) is 24.3 Å². The van der Waals surface area contributed by atoms with Crippen molar-refractivity contribution in [2.24, 2.45) is 5.84 Å². The van der Waals surface area contributed by atoms with Crippen LogP contribution in [0.5, 0.6) is 0 Å². The Kier molecular flexibility index (Phi) is 5.73. The first-order valence-corrected chi connectivity index (χ1v) is 6.01. The van der Waals surface area contributed by atoms with E-state index in [4.69, 9.17) is 10.6 Å². The van der Waals surface area contributed by atoms with Gasteiger partial charge >= 0.3 is 0 Å². The molecule has 1 fully saturated rings. The van der Waals surface area contributed by atoms with E-state index >= 15 is 0 Å². The Hall–Kier alpha value is -0.650. The van der Waals surface area contributed by atoms with Crippen molar-refractivity contribution in [2.75, 3.05) is 20.1 Å². The number of hydrogen-bond donors (Lipinski definition) is 2. The third kappa shape index (κ3) is 4.08. The van der Waals surface area contributed by atoms with E-state index in [1.165, 1.54) is 12.8 Å². The lowest BCUT2D eigenvalue weighted by atomic mass is 10.2. The molecule has 0 aliphatic carbocycles. The first-order valence-electron chi connectivity index (χ1n) is 6.01. The molecule has 0 aromatic rings. The molecule has 16 heavy (non-hydrogen) atoms. The minimum atomic E-state index is -0.352. The van der Waals surface area contributed by atoms with Crippen molar-refractivity contribution in [1.29, 1.82) is 0 Å². The predicted octanol–water partition coefficient (Wildman–Crippen LogP) is 0.256.